The van der Waals surface area contributed by atoms with E-state index in [0.29, 0.717) is 12.2 Å². The Morgan fingerprint density at radius 1 is 1.18 bits per heavy atom. The van der Waals surface area contributed by atoms with Gasteiger partial charge in [-0.3, -0.25) is 9.59 Å². The molecule has 0 aromatic heterocycles. The fraction of sp³-hybridized carbons (Fsp3) is 0.556. The summed E-state index contributed by atoms with van der Waals surface area (Å²) in [5.74, 6) is -0.478. The summed E-state index contributed by atoms with van der Waals surface area (Å²) in [5.41, 5.74) is 2.81. The molecule has 4 nitrogen and oxygen atoms in total. The third kappa shape index (κ3) is 5.17. The van der Waals surface area contributed by atoms with Gasteiger partial charge in [0.15, 0.2) is 0 Å². The molecule has 1 aromatic carbocycles. The standard InChI is InChI=1S/C18H27NO3/c1-6-8-22-17(20)12-19(13(3)4)18(21)16-10-14(5)9-15(7-2)11-16/h9-11,13H,6-8,12H2,1-5H3. The van der Waals surface area contributed by atoms with E-state index in [1.165, 1.54) is 0 Å². The number of benzene rings is 1. The molecule has 0 aliphatic rings. The van der Waals surface area contributed by atoms with Gasteiger partial charge in [-0.15, -0.1) is 0 Å². The molecule has 4 heteroatoms. The molecule has 0 aliphatic carbocycles. The van der Waals surface area contributed by atoms with E-state index in [1.54, 1.807) is 4.90 Å². The van der Waals surface area contributed by atoms with Gasteiger partial charge in [-0.1, -0.05) is 25.5 Å². The van der Waals surface area contributed by atoms with Gasteiger partial charge in [-0.25, -0.2) is 0 Å². The molecule has 0 aliphatic heterocycles. The van der Waals surface area contributed by atoms with E-state index in [-0.39, 0.29) is 24.5 Å². The highest BCUT2D eigenvalue weighted by Crippen LogP contribution is 2.14. The fourth-order valence-electron chi connectivity index (χ4n) is 2.25. The quantitative estimate of drug-likeness (QED) is 0.726. The van der Waals surface area contributed by atoms with Crippen LogP contribution in [0.25, 0.3) is 0 Å². The van der Waals surface area contributed by atoms with E-state index in [1.807, 2.05) is 39.8 Å². The van der Waals surface area contributed by atoms with Crippen molar-refractivity contribution in [1.82, 2.24) is 4.90 Å². The predicted octanol–water partition coefficient (Wildman–Crippen LogP) is 3.36. The molecular weight excluding hydrogens is 278 g/mol. The van der Waals surface area contributed by atoms with Crippen molar-refractivity contribution in [3.05, 3.63) is 34.9 Å². The lowest BCUT2D eigenvalue weighted by Gasteiger charge is -2.26. The average molecular weight is 305 g/mol. The second-order valence-electron chi connectivity index (χ2n) is 5.81. The molecule has 0 fully saturated rings. The molecule has 22 heavy (non-hydrogen) atoms. The third-order valence-electron chi connectivity index (χ3n) is 3.44. The fourth-order valence-corrected chi connectivity index (χ4v) is 2.25. The molecule has 1 rings (SSSR count). The zero-order valence-electron chi connectivity index (χ0n) is 14.3. The van der Waals surface area contributed by atoms with Crippen LogP contribution < -0.4 is 0 Å². The highest BCUT2D eigenvalue weighted by atomic mass is 16.5. The summed E-state index contributed by atoms with van der Waals surface area (Å²) in [6, 6.07) is 5.79. The predicted molar refractivity (Wildman–Crippen MR) is 88.0 cm³/mol. The Kier molecular flexibility index (Phi) is 7.09. The normalized spacial score (nSPS) is 10.6. The van der Waals surface area contributed by atoms with Crippen LogP contribution in [0.4, 0.5) is 0 Å². The molecule has 0 saturated heterocycles. The van der Waals surface area contributed by atoms with E-state index in [4.69, 9.17) is 4.74 Å². The highest BCUT2D eigenvalue weighted by Gasteiger charge is 2.22. The Morgan fingerprint density at radius 2 is 1.86 bits per heavy atom. The van der Waals surface area contributed by atoms with Crippen molar-refractivity contribution >= 4 is 11.9 Å². The summed E-state index contributed by atoms with van der Waals surface area (Å²) < 4.78 is 5.09. The summed E-state index contributed by atoms with van der Waals surface area (Å²) in [4.78, 5) is 26.1. The molecule has 0 unspecified atom stereocenters. The van der Waals surface area contributed by atoms with Gasteiger partial charge >= 0.3 is 5.97 Å². The van der Waals surface area contributed by atoms with E-state index in [0.717, 1.165) is 24.0 Å². The van der Waals surface area contributed by atoms with Gasteiger partial charge in [-0.05, 0) is 51.3 Å². The molecule has 0 heterocycles. The first kappa shape index (κ1) is 18.2. The number of ether oxygens (including phenoxy) is 1. The lowest BCUT2D eigenvalue weighted by atomic mass is 10.0. The van der Waals surface area contributed by atoms with Crippen molar-refractivity contribution < 1.29 is 14.3 Å². The second kappa shape index (κ2) is 8.57. The van der Waals surface area contributed by atoms with Crippen molar-refractivity contribution in [2.45, 2.75) is 53.5 Å². The number of hydrogen-bond donors (Lipinski definition) is 0. The van der Waals surface area contributed by atoms with Gasteiger partial charge in [0.2, 0.25) is 0 Å². The van der Waals surface area contributed by atoms with Crippen LogP contribution in [0.15, 0.2) is 18.2 Å². The number of aryl methyl sites for hydroxylation is 2. The first-order chi connectivity index (χ1) is 10.4. The number of esters is 1. The van der Waals surface area contributed by atoms with Crippen LogP contribution >= 0.6 is 0 Å². The lowest BCUT2D eigenvalue weighted by molar-refractivity contribution is -0.144. The van der Waals surface area contributed by atoms with E-state index >= 15 is 0 Å². The van der Waals surface area contributed by atoms with Crippen LogP contribution in [-0.4, -0.2) is 36.0 Å². The number of hydrogen-bond acceptors (Lipinski definition) is 3. The maximum atomic E-state index is 12.7. The van der Waals surface area contributed by atoms with Gasteiger partial charge in [-0.2, -0.15) is 0 Å². The smallest absolute Gasteiger partial charge is 0.325 e. The van der Waals surface area contributed by atoms with E-state index in [9.17, 15) is 9.59 Å². The number of carbonyl (C=O) groups excluding carboxylic acids is 2. The highest BCUT2D eigenvalue weighted by molar-refractivity contribution is 5.96. The Hall–Kier alpha value is -1.84. The molecular formula is C18H27NO3. The zero-order valence-corrected chi connectivity index (χ0v) is 14.3. The summed E-state index contributed by atoms with van der Waals surface area (Å²) in [6.07, 6.45) is 1.65. The molecule has 0 bridgehead atoms. The third-order valence-corrected chi connectivity index (χ3v) is 3.44. The summed E-state index contributed by atoms with van der Waals surface area (Å²) in [6.45, 7) is 10.2. The molecule has 0 N–H and O–H groups in total. The van der Waals surface area contributed by atoms with Crippen LogP contribution in [0.1, 0.15) is 55.6 Å². The minimum atomic E-state index is -0.354. The van der Waals surface area contributed by atoms with Crippen molar-refractivity contribution in [1.29, 1.82) is 0 Å². The van der Waals surface area contributed by atoms with Crippen molar-refractivity contribution in [3.8, 4) is 0 Å². The molecule has 0 atom stereocenters. The SMILES string of the molecule is CCCOC(=O)CN(C(=O)c1cc(C)cc(CC)c1)C(C)C. The zero-order chi connectivity index (χ0) is 16.7. The maximum absolute atomic E-state index is 12.7. The van der Waals surface area contributed by atoms with Gasteiger partial charge < -0.3 is 9.64 Å². The van der Waals surface area contributed by atoms with Crippen molar-refractivity contribution in [3.63, 3.8) is 0 Å². The van der Waals surface area contributed by atoms with Crippen molar-refractivity contribution in [2.24, 2.45) is 0 Å². The monoisotopic (exact) mass is 305 g/mol. The summed E-state index contributed by atoms with van der Waals surface area (Å²) >= 11 is 0. The molecule has 122 valence electrons. The maximum Gasteiger partial charge on any atom is 0.325 e. The van der Waals surface area contributed by atoms with Crippen LogP contribution in [0.3, 0.4) is 0 Å². The first-order valence-electron chi connectivity index (χ1n) is 7.96. The van der Waals surface area contributed by atoms with Gasteiger partial charge in [0.25, 0.3) is 5.91 Å². The van der Waals surface area contributed by atoms with Crippen LogP contribution in [-0.2, 0) is 16.0 Å². The summed E-state index contributed by atoms with van der Waals surface area (Å²) in [7, 11) is 0. The number of amides is 1. The first-order valence-corrected chi connectivity index (χ1v) is 7.96. The van der Waals surface area contributed by atoms with E-state index in [2.05, 4.69) is 13.0 Å². The molecule has 0 spiro atoms. The van der Waals surface area contributed by atoms with Gasteiger partial charge in [0.05, 0.1) is 6.61 Å². The van der Waals surface area contributed by atoms with Crippen LogP contribution in [0.2, 0.25) is 0 Å². The largest absolute Gasteiger partial charge is 0.464 e. The molecule has 1 aromatic rings. The van der Waals surface area contributed by atoms with Crippen molar-refractivity contribution in [2.75, 3.05) is 13.2 Å². The number of carbonyl (C=O) groups is 2. The van der Waals surface area contributed by atoms with Crippen LogP contribution in [0.5, 0.6) is 0 Å². The minimum absolute atomic E-state index is 0.00804. The summed E-state index contributed by atoms with van der Waals surface area (Å²) in [5, 5.41) is 0. The van der Waals surface area contributed by atoms with Crippen LogP contribution in [0, 0.1) is 6.92 Å². The Labute approximate surface area is 133 Å². The topological polar surface area (TPSA) is 46.6 Å². The molecule has 0 radical (unpaired) electrons. The Balaban J connectivity index is 2.94. The molecule has 1 amide bonds. The second-order valence-corrected chi connectivity index (χ2v) is 5.81. The Bertz CT molecular complexity index is 523. The van der Waals surface area contributed by atoms with E-state index < -0.39 is 0 Å². The molecule has 0 saturated carbocycles. The average Bonchev–Trinajstić information content (AvgIpc) is 2.48. The van der Waals surface area contributed by atoms with Gasteiger partial charge in [0, 0.05) is 11.6 Å². The Morgan fingerprint density at radius 3 is 2.41 bits per heavy atom. The van der Waals surface area contributed by atoms with Gasteiger partial charge in [0.1, 0.15) is 6.54 Å². The lowest BCUT2D eigenvalue weighted by Crippen LogP contribution is -2.41. The minimum Gasteiger partial charge on any atom is -0.464 e. The number of nitrogens with zero attached hydrogens (tertiary/aromatic N) is 1. The number of rotatable bonds is 7.